The highest BCUT2D eigenvalue weighted by Crippen LogP contribution is 1.95. The first-order valence-corrected chi connectivity index (χ1v) is 3.98. The van der Waals surface area contributed by atoms with Crippen molar-refractivity contribution in [2.75, 3.05) is 13.1 Å². The average Bonchev–Trinajstić information content (AvgIpc) is 2.10. The van der Waals surface area contributed by atoms with Gasteiger partial charge in [0.2, 0.25) is 5.91 Å². The molecule has 0 atom stereocenters. The number of carboxylic acid groups (broad SMARTS) is 1. The Kier molecular flexibility index (Phi) is 5.28. The Morgan fingerprint density at radius 2 is 2.15 bits per heavy atom. The fourth-order valence-electron chi connectivity index (χ4n) is 0.864. The highest BCUT2D eigenvalue weighted by Gasteiger charge is 2.13. The molecular weight excluding hydrogens is 172 g/mol. The van der Waals surface area contributed by atoms with Gasteiger partial charge in [0.25, 0.3) is 0 Å². The quantitative estimate of drug-likeness (QED) is 0.662. The Hall–Kier alpha value is -1.57. The number of carboxylic acids is 1. The van der Waals surface area contributed by atoms with Crippen molar-refractivity contribution < 1.29 is 14.7 Å². The molecule has 13 heavy (non-hydrogen) atoms. The minimum absolute atomic E-state index is 0.166. The molecule has 0 aliphatic heterocycles. The summed E-state index contributed by atoms with van der Waals surface area (Å²) in [6.45, 7) is 1.52. The summed E-state index contributed by atoms with van der Waals surface area (Å²) in [5.41, 5.74) is 0. The molecule has 0 radical (unpaired) electrons. The van der Waals surface area contributed by atoms with Crippen LogP contribution in [-0.2, 0) is 9.59 Å². The summed E-state index contributed by atoms with van der Waals surface area (Å²) in [7, 11) is 0. The molecule has 0 aromatic rings. The van der Waals surface area contributed by atoms with Crippen LogP contribution in [0.1, 0.15) is 19.8 Å². The molecule has 0 saturated carbocycles. The van der Waals surface area contributed by atoms with Crippen LogP contribution >= 0.6 is 0 Å². The van der Waals surface area contributed by atoms with Crippen molar-refractivity contribution in [3.63, 3.8) is 0 Å². The molecule has 5 heteroatoms. The first-order valence-electron chi connectivity index (χ1n) is 3.98. The third kappa shape index (κ3) is 4.80. The molecule has 0 spiro atoms. The number of carbonyl (C=O) groups is 2. The van der Waals surface area contributed by atoms with E-state index in [4.69, 9.17) is 10.4 Å². The molecule has 0 saturated heterocycles. The maximum atomic E-state index is 11.1. The molecule has 0 aliphatic carbocycles. The highest BCUT2D eigenvalue weighted by atomic mass is 16.4. The zero-order valence-corrected chi connectivity index (χ0v) is 7.49. The van der Waals surface area contributed by atoms with Crippen molar-refractivity contribution in [2.24, 2.45) is 0 Å². The molecule has 0 aromatic heterocycles. The van der Waals surface area contributed by atoms with Crippen LogP contribution in [0.25, 0.3) is 0 Å². The van der Waals surface area contributed by atoms with Crippen LogP contribution in [0.4, 0.5) is 0 Å². The van der Waals surface area contributed by atoms with Crippen molar-refractivity contribution in [3.8, 4) is 6.07 Å². The lowest BCUT2D eigenvalue weighted by molar-refractivity contribution is -0.144. The van der Waals surface area contributed by atoms with Gasteiger partial charge in [-0.2, -0.15) is 5.26 Å². The van der Waals surface area contributed by atoms with Gasteiger partial charge in [-0.05, 0) is 0 Å². The Morgan fingerprint density at radius 3 is 2.54 bits per heavy atom. The fourth-order valence-corrected chi connectivity index (χ4v) is 0.864. The number of hydrogen-bond donors (Lipinski definition) is 1. The summed E-state index contributed by atoms with van der Waals surface area (Å²) in [4.78, 5) is 22.6. The summed E-state index contributed by atoms with van der Waals surface area (Å²) < 4.78 is 0. The topological polar surface area (TPSA) is 81.4 Å². The molecule has 5 nitrogen and oxygen atoms in total. The van der Waals surface area contributed by atoms with Crippen molar-refractivity contribution >= 4 is 11.9 Å². The maximum Gasteiger partial charge on any atom is 0.323 e. The van der Waals surface area contributed by atoms with Crippen LogP contribution in [0.3, 0.4) is 0 Å². The van der Waals surface area contributed by atoms with E-state index in [9.17, 15) is 9.59 Å². The van der Waals surface area contributed by atoms with Gasteiger partial charge in [0.1, 0.15) is 6.54 Å². The molecule has 0 aromatic carbocycles. The van der Waals surface area contributed by atoms with E-state index in [0.717, 1.165) is 0 Å². The standard InChI is InChI=1S/C8H12N2O3/c1-2-7(11)10(5-3-4-9)6-8(12)13/h2-3,5-6H2,1H3,(H,12,13). The van der Waals surface area contributed by atoms with Crippen LogP contribution in [-0.4, -0.2) is 35.0 Å². The second kappa shape index (κ2) is 6.00. The summed E-state index contributed by atoms with van der Waals surface area (Å²) in [5.74, 6) is -1.29. The van der Waals surface area contributed by atoms with Crippen LogP contribution in [0.5, 0.6) is 0 Å². The van der Waals surface area contributed by atoms with Gasteiger partial charge in [0.05, 0.1) is 12.5 Å². The maximum absolute atomic E-state index is 11.1. The SMILES string of the molecule is CCC(=O)N(CCC#N)CC(=O)O. The van der Waals surface area contributed by atoms with E-state index in [1.54, 1.807) is 6.92 Å². The van der Waals surface area contributed by atoms with E-state index in [2.05, 4.69) is 0 Å². The molecule has 0 bridgehead atoms. The molecule has 0 aliphatic rings. The first-order chi connectivity index (χ1) is 6.11. The van der Waals surface area contributed by atoms with Gasteiger partial charge in [-0.25, -0.2) is 0 Å². The normalized spacial score (nSPS) is 8.92. The summed E-state index contributed by atoms with van der Waals surface area (Å²) in [6, 6.07) is 1.86. The second-order valence-electron chi connectivity index (χ2n) is 2.47. The summed E-state index contributed by atoms with van der Waals surface area (Å²) in [6.07, 6.45) is 0.428. The van der Waals surface area contributed by atoms with Crippen LogP contribution < -0.4 is 0 Å². The van der Waals surface area contributed by atoms with Crippen molar-refractivity contribution in [2.45, 2.75) is 19.8 Å². The zero-order chi connectivity index (χ0) is 10.3. The summed E-state index contributed by atoms with van der Waals surface area (Å²) in [5, 5.41) is 16.7. The first kappa shape index (κ1) is 11.4. The summed E-state index contributed by atoms with van der Waals surface area (Å²) >= 11 is 0. The molecule has 0 unspecified atom stereocenters. The van der Waals surface area contributed by atoms with Gasteiger partial charge >= 0.3 is 5.97 Å². The lowest BCUT2D eigenvalue weighted by Crippen LogP contribution is -2.35. The van der Waals surface area contributed by atoms with E-state index < -0.39 is 5.97 Å². The number of aliphatic carboxylic acids is 1. The highest BCUT2D eigenvalue weighted by molar-refractivity contribution is 5.81. The smallest absolute Gasteiger partial charge is 0.323 e. The Bertz CT molecular complexity index is 232. The van der Waals surface area contributed by atoms with Crippen molar-refractivity contribution in [1.82, 2.24) is 4.90 Å². The van der Waals surface area contributed by atoms with E-state index in [0.29, 0.717) is 0 Å². The van der Waals surface area contributed by atoms with Gasteiger partial charge in [-0.15, -0.1) is 0 Å². The lowest BCUT2D eigenvalue weighted by atomic mass is 10.3. The number of hydrogen-bond acceptors (Lipinski definition) is 3. The second-order valence-corrected chi connectivity index (χ2v) is 2.47. The van der Waals surface area contributed by atoms with Crippen molar-refractivity contribution in [1.29, 1.82) is 5.26 Å². The number of nitriles is 1. The molecule has 0 rings (SSSR count). The van der Waals surface area contributed by atoms with E-state index in [1.807, 2.05) is 6.07 Å². The van der Waals surface area contributed by atoms with Gasteiger partial charge in [-0.1, -0.05) is 6.92 Å². The third-order valence-corrected chi connectivity index (χ3v) is 1.47. The fraction of sp³-hybridized carbons (Fsp3) is 0.625. The molecule has 1 N–H and O–H groups in total. The minimum Gasteiger partial charge on any atom is -0.480 e. The Labute approximate surface area is 76.6 Å². The predicted molar refractivity (Wildman–Crippen MR) is 44.7 cm³/mol. The van der Waals surface area contributed by atoms with E-state index >= 15 is 0 Å². The molecule has 0 heterocycles. The number of amides is 1. The third-order valence-electron chi connectivity index (χ3n) is 1.47. The Balaban J connectivity index is 4.11. The van der Waals surface area contributed by atoms with Gasteiger partial charge < -0.3 is 10.0 Å². The van der Waals surface area contributed by atoms with Gasteiger partial charge in [0.15, 0.2) is 0 Å². The van der Waals surface area contributed by atoms with Crippen LogP contribution in [0, 0.1) is 11.3 Å². The van der Waals surface area contributed by atoms with Crippen LogP contribution in [0.2, 0.25) is 0 Å². The van der Waals surface area contributed by atoms with Crippen LogP contribution in [0.15, 0.2) is 0 Å². The molecule has 72 valence electrons. The number of carbonyl (C=O) groups excluding carboxylic acids is 1. The van der Waals surface area contributed by atoms with Gasteiger partial charge in [-0.3, -0.25) is 9.59 Å². The van der Waals surface area contributed by atoms with E-state index in [-0.39, 0.29) is 31.8 Å². The lowest BCUT2D eigenvalue weighted by Gasteiger charge is -2.17. The molecule has 0 fully saturated rings. The molecule has 1 amide bonds. The average molecular weight is 184 g/mol. The predicted octanol–water partition coefficient (Wildman–Crippen LogP) is 0.223. The van der Waals surface area contributed by atoms with E-state index in [1.165, 1.54) is 4.90 Å². The number of nitrogens with zero attached hydrogens (tertiary/aromatic N) is 2. The Morgan fingerprint density at radius 1 is 1.54 bits per heavy atom. The molecular formula is C8H12N2O3. The zero-order valence-electron chi connectivity index (χ0n) is 7.49. The van der Waals surface area contributed by atoms with Gasteiger partial charge in [0, 0.05) is 13.0 Å². The largest absolute Gasteiger partial charge is 0.480 e. The monoisotopic (exact) mass is 184 g/mol. The minimum atomic E-state index is -1.06. The van der Waals surface area contributed by atoms with Crippen molar-refractivity contribution in [3.05, 3.63) is 0 Å². The number of rotatable bonds is 5.